The summed E-state index contributed by atoms with van der Waals surface area (Å²) in [7, 11) is 0. The minimum absolute atomic E-state index is 0.467. The predicted octanol–water partition coefficient (Wildman–Crippen LogP) is 2.14. The molecule has 0 aliphatic rings. The summed E-state index contributed by atoms with van der Waals surface area (Å²) in [4.78, 5) is 11.8. The summed E-state index contributed by atoms with van der Waals surface area (Å²) in [5, 5.41) is 3.62. The Morgan fingerprint density at radius 2 is 2.07 bits per heavy atom. The van der Waals surface area contributed by atoms with Crippen LogP contribution >= 0.6 is 11.6 Å². The van der Waals surface area contributed by atoms with Gasteiger partial charge in [0.25, 0.3) is 0 Å². The van der Waals surface area contributed by atoms with Crippen LogP contribution in [0.4, 0.5) is 5.69 Å². The van der Waals surface area contributed by atoms with E-state index in [2.05, 4.69) is 20.3 Å². The molecule has 0 aromatic carbocycles. The van der Waals surface area contributed by atoms with Gasteiger partial charge in [-0.25, -0.2) is 15.0 Å². The molecule has 5 heteroatoms. The Balaban J connectivity index is 2.03. The van der Waals surface area contributed by atoms with Gasteiger partial charge in [-0.05, 0) is 12.1 Å². The van der Waals surface area contributed by atoms with Crippen LogP contribution in [0.15, 0.2) is 37.1 Å². The second kappa shape index (κ2) is 4.70. The molecule has 15 heavy (non-hydrogen) atoms. The third-order valence-electron chi connectivity index (χ3n) is 1.86. The number of aromatic nitrogens is 3. The highest BCUT2D eigenvalue weighted by atomic mass is 35.5. The van der Waals surface area contributed by atoms with Crippen molar-refractivity contribution in [1.29, 1.82) is 0 Å². The van der Waals surface area contributed by atoms with E-state index in [1.54, 1.807) is 18.6 Å². The first-order valence-electron chi connectivity index (χ1n) is 4.44. The average molecular weight is 221 g/mol. The van der Waals surface area contributed by atoms with E-state index in [0.29, 0.717) is 11.7 Å². The summed E-state index contributed by atoms with van der Waals surface area (Å²) < 4.78 is 0. The first-order chi connectivity index (χ1) is 7.36. The van der Waals surface area contributed by atoms with Crippen molar-refractivity contribution in [3.63, 3.8) is 0 Å². The van der Waals surface area contributed by atoms with Crippen LogP contribution in [-0.4, -0.2) is 15.0 Å². The zero-order valence-electron chi connectivity index (χ0n) is 7.89. The van der Waals surface area contributed by atoms with E-state index in [0.717, 1.165) is 11.3 Å². The topological polar surface area (TPSA) is 50.7 Å². The van der Waals surface area contributed by atoms with Crippen LogP contribution in [0.2, 0.25) is 5.15 Å². The normalized spacial score (nSPS) is 9.93. The van der Waals surface area contributed by atoms with E-state index in [1.165, 1.54) is 6.33 Å². The number of hydrogen-bond donors (Lipinski definition) is 1. The minimum atomic E-state index is 0.467. The maximum Gasteiger partial charge on any atom is 0.152 e. The molecule has 4 nitrogen and oxygen atoms in total. The average Bonchev–Trinajstić information content (AvgIpc) is 2.29. The van der Waals surface area contributed by atoms with Gasteiger partial charge in [-0.2, -0.15) is 0 Å². The molecule has 76 valence electrons. The number of nitrogens with one attached hydrogen (secondary N) is 1. The summed E-state index contributed by atoms with van der Waals surface area (Å²) >= 11 is 5.89. The Hall–Kier alpha value is -1.68. The van der Waals surface area contributed by atoms with E-state index in [1.807, 2.05) is 12.1 Å². The fourth-order valence-electron chi connectivity index (χ4n) is 1.14. The van der Waals surface area contributed by atoms with Gasteiger partial charge in [-0.1, -0.05) is 11.6 Å². The molecule has 0 unspecified atom stereocenters. The highest BCUT2D eigenvalue weighted by molar-refractivity contribution is 6.31. The van der Waals surface area contributed by atoms with Crippen LogP contribution in [0.1, 0.15) is 5.56 Å². The molecule has 2 aromatic heterocycles. The van der Waals surface area contributed by atoms with Gasteiger partial charge in [0.15, 0.2) is 5.15 Å². The van der Waals surface area contributed by atoms with Gasteiger partial charge < -0.3 is 5.32 Å². The second-order valence-electron chi connectivity index (χ2n) is 2.94. The largest absolute Gasteiger partial charge is 0.378 e. The van der Waals surface area contributed by atoms with Crippen LogP contribution in [0.25, 0.3) is 0 Å². The van der Waals surface area contributed by atoms with E-state index in [-0.39, 0.29) is 0 Å². The van der Waals surface area contributed by atoms with Gasteiger partial charge in [0.1, 0.15) is 6.33 Å². The SMILES string of the molecule is Clc1ncccc1NCc1cncnc1. The fourth-order valence-corrected chi connectivity index (χ4v) is 1.32. The molecule has 0 saturated carbocycles. The van der Waals surface area contributed by atoms with Crippen LogP contribution in [0.5, 0.6) is 0 Å². The Morgan fingerprint density at radius 1 is 1.27 bits per heavy atom. The Kier molecular flexibility index (Phi) is 3.09. The molecule has 0 aliphatic carbocycles. The van der Waals surface area contributed by atoms with Crippen molar-refractivity contribution < 1.29 is 0 Å². The van der Waals surface area contributed by atoms with E-state index < -0.39 is 0 Å². The third kappa shape index (κ3) is 2.63. The number of rotatable bonds is 3. The van der Waals surface area contributed by atoms with Gasteiger partial charge in [-0.15, -0.1) is 0 Å². The highest BCUT2D eigenvalue weighted by Gasteiger charge is 1.99. The van der Waals surface area contributed by atoms with Crippen LogP contribution in [0.3, 0.4) is 0 Å². The van der Waals surface area contributed by atoms with Crippen molar-refractivity contribution in [1.82, 2.24) is 15.0 Å². The van der Waals surface area contributed by atoms with Gasteiger partial charge in [0.2, 0.25) is 0 Å². The van der Waals surface area contributed by atoms with E-state index in [4.69, 9.17) is 11.6 Å². The second-order valence-corrected chi connectivity index (χ2v) is 3.30. The van der Waals surface area contributed by atoms with Crippen molar-refractivity contribution in [3.05, 3.63) is 47.8 Å². The van der Waals surface area contributed by atoms with Crippen molar-refractivity contribution in [3.8, 4) is 0 Å². The summed E-state index contributed by atoms with van der Waals surface area (Å²) in [6.45, 7) is 0.631. The molecule has 0 fully saturated rings. The zero-order valence-corrected chi connectivity index (χ0v) is 8.65. The molecule has 2 rings (SSSR count). The standard InChI is InChI=1S/C10H9ClN4/c11-10-9(2-1-3-14-10)15-6-8-4-12-7-13-5-8/h1-5,7,15H,6H2. The first-order valence-corrected chi connectivity index (χ1v) is 4.82. The van der Waals surface area contributed by atoms with Crippen LogP contribution in [-0.2, 0) is 6.54 Å². The molecule has 0 atom stereocenters. The van der Waals surface area contributed by atoms with Crippen molar-refractivity contribution in [2.45, 2.75) is 6.54 Å². The summed E-state index contributed by atoms with van der Waals surface area (Å²) in [5.41, 5.74) is 1.81. The molecule has 0 amide bonds. The quantitative estimate of drug-likeness (QED) is 0.806. The number of hydrogen-bond acceptors (Lipinski definition) is 4. The Bertz CT molecular complexity index is 432. The minimum Gasteiger partial charge on any atom is -0.378 e. The monoisotopic (exact) mass is 220 g/mol. The lowest BCUT2D eigenvalue weighted by atomic mass is 10.3. The molecule has 0 radical (unpaired) electrons. The molecule has 0 aliphatic heterocycles. The van der Waals surface area contributed by atoms with Gasteiger partial charge in [0, 0.05) is 30.7 Å². The first kappa shape index (κ1) is 9.86. The third-order valence-corrected chi connectivity index (χ3v) is 2.16. The lowest BCUT2D eigenvalue weighted by Gasteiger charge is -2.06. The van der Waals surface area contributed by atoms with Crippen molar-refractivity contribution in [2.75, 3.05) is 5.32 Å². The highest BCUT2D eigenvalue weighted by Crippen LogP contribution is 2.17. The van der Waals surface area contributed by atoms with E-state index >= 15 is 0 Å². The van der Waals surface area contributed by atoms with Gasteiger partial charge in [0.05, 0.1) is 5.69 Å². The molecule has 0 spiro atoms. The Morgan fingerprint density at radius 3 is 2.80 bits per heavy atom. The summed E-state index contributed by atoms with van der Waals surface area (Å²) in [6, 6.07) is 3.70. The fraction of sp³-hybridized carbons (Fsp3) is 0.100. The van der Waals surface area contributed by atoms with Crippen LogP contribution in [0, 0.1) is 0 Å². The lowest BCUT2D eigenvalue weighted by molar-refractivity contribution is 1.05. The molecule has 0 saturated heterocycles. The summed E-state index contributed by atoms with van der Waals surface area (Å²) in [5.74, 6) is 0. The Labute approximate surface area is 92.4 Å². The molecule has 2 aromatic rings. The summed E-state index contributed by atoms with van der Waals surface area (Å²) in [6.07, 6.45) is 6.66. The molecular formula is C10H9ClN4. The molecule has 1 N–H and O–H groups in total. The number of anilines is 1. The van der Waals surface area contributed by atoms with Crippen molar-refractivity contribution in [2.24, 2.45) is 0 Å². The van der Waals surface area contributed by atoms with Crippen LogP contribution < -0.4 is 5.32 Å². The number of pyridine rings is 1. The smallest absolute Gasteiger partial charge is 0.152 e. The molecule has 2 heterocycles. The molecule has 0 bridgehead atoms. The lowest BCUT2D eigenvalue weighted by Crippen LogP contribution is -2.01. The van der Waals surface area contributed by atoms with Gasteiger partial charge in [-0.3, -0.25) is 0 Å². The van der Waals surface area contributed by atoms with E-state index in [9.17, 15) is 0 Å². The molecular weight excluding hydrogens is 212 g/mol. The zero-order chi connectivity index (χ0) is 10.5. The maximum absolute atomic E-state index is 5.89. The predicted molar refractivity (Wildman–Crippen MR) is 58.6 cm³/mol. The number of nitrogens with zero attached hydrogens (tertiary/aromatic N) is 3. The van der Waals surface area contributed by atoms with Gasteiger partial charge >= 0.3 is 0 Å². The maximum atomic E-state index is 5.89. The number of halogens is 1. The van der Waals surface area contributed by atoms with Crippen molar-refractivity contribution >= 4 is 17.3 Å².